The monoisotopic (exact) mass is 323 g/mol. The zero-order valence-electron chi connectivity index (χ0n) is 8.92. The summed E-state index contributed by atoms with van der Waals surface area (Å²) in [5, 5.41) is 8.86. The molecule has 0 aromatic heterocycles. The number of fused-ring (bicyclic) bond motifs is 1. The topological polar surface area (TPSA) is 46.2 Å². The third-order valence-electron chi connectivity index (χ3n) is 3.03. The van der Waals surface area contributed by atoms with Crippen molar-refractivity contribution in [2.45, 2.75) is 22.8 Å². The number of thioether (sulfide) groups is 1. The molecule has 1 aliphatic heterocycles. The van der Waals surface area contributed by atoms with Crippen LogP contribution in [-0.2, 0) is 5.54 Å². The molecule has 0 saturated carbocycles. The van der Waals surface area contributed by atoms with E-state index in [-0.39, 0.29) is 6.42 Å². The predicted octanol–water partition coefficient (Wildman–Crippen LogP) is 2.73. The van der Waals surface area contributed by atoms with Crippen molar-refractivity contribution in [2.24, 2.45) is 5.73 Å². The number of hydrogen-bond acceptors (Lipinski definition) is 3. The van der Waals surface area contributed by atoms with Crippen molar-refractivity contribution in [1.29, 1.82) is 0 Å². The first-order chi connectivity index (χ1) is 7.90. The molecule has 0 fully saturated rings. The van der Waals surface area contributed by atoms with Crippen LogP contribution in [0.25, 0.3) is 0 Å². The molecule has 2 nitrogen and oxygen atoms in total. The molecule has 1 aromatic carbocycles. The van der Waals surface area contributed by atoms with Crippen LogP contribution in [0.5, 0.6) is 0 Å². The average Bonchev–Trinajstić information content (AvgIpc) is 2.30. The molecule has 2 rings (SSSR count). The molecule has 94 valence electrons. The SMILES string of the molecule is N[C@]1(C(F)(F)CO)CCSc2ccc(Br)cc21. The fourth-order valence-electron chi connectivity index (χ4n) is 1.95. The Morgan fingerprint density at radius 2 is 2.24 bits per heavy atom. The van der Waals surface area contributed by atoms with E-state index in [1.165, 1.54) is 11.8 Å². The molecule has 1 heterocycles. The highest BCUT2D eigenvalue weighted by Gasteiger charge is 2.53. The van der Waals surface area contributed by atoms with Crippen LogP contribution in [0.3, 0.4) is 0 Å². The highest BCUT2D eigenvalue weighted by Crippen LogP contribution is 2.47. The summed E-state index contributed by atoms with van der Waals surface area (Å²) in [6.45, 7) is -1.24. The van der Waals surface area contributed by atoms with Crippen molar-refractivity contribution in [3.05, 3.63) is 28.2 Å². The Kier molecular flexibility index (Phi) is 3.51. The van der Waals surface area contributed by atoms with Gasteiger partial charge in [0.15, 0.2) is 0 Å². The van der Waals surface area contributed by atoms with Gasteiger partial charge in [-0.1, -0.05) is 15.9 Å². The molecule has 3 N–H and O–H groups in total. The minimum Gasteiger partial charge on any atom is -0.390 e. The quantitative estimate of drug-likeness (QED) is 0.879. The summed E-state index contributed by atoms with van der Waals surface area (Å²) >= 11 is 4.77. The van der Waals surface area contributed by atoms with E-state index < -0.39 is 18.1 Å². The first-order valence-corrected chi connectivity index (χ1v) is 6.89. The van der Waals surface area contributed by atoms with Crippen LogP contribution in [0.1, 0.15) is 12.0 Å². The highest BCUT2D eigenvalue weighted by atomic mass is 79.9. The first kappa shape index (κ1) is 13.3. The van der Waals surface area contributed by atoms with Gasteiger partial charge in [-0.05, 0) is 30.2 Å². The van der Waals surface area contributed by atoms with Crippen LogP contribution in [0.2, 0.25) is 0 Å². The minimum absolute atomic E-state index is 0.147. The Labute approximate surface area is 111 Å². The van der Waals surface area contributed by atoms with Gasteiger partial charge in [-0.25, -0.2) is 8.78 Å². The molecule has 0 bridgehead atoms. The van der Waals surface area contributed by atoms with Crippen molar-refractivity contribution in [3.63, 3.8) is 0 Å². The summed E-state index contributed by atoms with van der Waals surface area (Å²) in [5.74, 6) is -2.79. The molecule has 1 aromatic rings. The van der Waals surface area contributed by atoms with E-state index >= 15 is 0 Å². The van der Waals surface area contributed by atoms with Gasteiger partial charge in [-0.2, -0.15) is 0 Å². The van der Waals surface area contributed by atoms with E-state index in [1.807, 2.05) is 0 Å². The smallest absolute Gasteiger partial charge is 0.292 e. The summed E-state index contributed by atoms with van der Waals surface area (Å²) in [6, 6.07) is 5.19. The molecular formula is C11H12BrF2NOS. The zero-order valence-corrected chi connectivity index (χ0v) is 11.3. The van der Waals surface area contributed by atoms with Crippen LogP contribution in [-0.4, -0.2) is 23.4 Å². The fourth-order valence-corrected chi connectivity index (χ4v) is 3.52. The van der Waals surface area contributed by atoms with Crippen molar-refractivity contribution in [2.75, 3.05) is 12.4 Å². The first-order valence-electron chi connectivity index (χ1n) is 5.11. The van der Waals surface area contributed by atoms with Gasteiger partial charge in [0.2, 0.25) is 0 Å². The highest BCUT2D eigenvalue weighted by molar-refractivity contribution is 9.10. The lowest BCUT2D eigenvalue weighted by Crippen LogP contribution is -2.56. The third-order valence-corrected chi connectivity index (χ3v) is 4.60. The molecule has 0 saturated heterocycles. The van der Waals surface area contributed by atoms with Gasteiger partial charge in [0.05, 0.1) is 0 Å². The average molecular weight is 324 g/mol. The van der Waals surface area contributed by atoms with E-state index in [1.54, 1.807) is 18.2 Å². The zero-order chi connectivity index (χ0) is 12.7. The maximum Gasteiger partial charge on any atom is 0.292 e. The van der Waals surface area contributed by atoms with E-state index in [9.17, 15) is 8.78 Å². The molecule has 0 radical (unpaired) electrons. The van der Waals surface area contributed by atoms with Gasteiger partial charge >= 0.3 is 0 Å². The fraction of sp³-hybridized carbons (Fsp3) is 0.455. The lowest BCUT2D eigenvalue weighted by molar-refractivity contribution is -0.116. The Morgan fingerprint density at radius 3 is 2.88 bits per heavy atom. The molecule has 0 unspecified atom stereocenters. The Morgan fingerprint density at radius 1 is 1.53 bits per heavy atom. The number of hydrogen-bond donors (Lipinski definition) is 2. The maximum atomic E-state index is 13.8. The molecule has 1 aliphatic rings. The summed E-state index contributed by atoms with van der Waals surface area (Å²) < 4.78 is 28.4. The Balaban J connectivity index is 2.57. The molecule has 17 heavy (non-hydrogen) atoms. The predicted molar refractivity (Wildman–Crippen MR) is 67.4 cm³/mol. The Hall–Kier alpha value is -0.170. The lowest BCUT2D eigenvalue weighted by atomic mass is 9.82. The van der Waals surface area contributed by atoms with Gasteiger partial charge in [-0.3, -0.25) is 0 Å². The number of alkyl halides is 2. The number of benzene rings is 1. The Bertz CT molecular complexity index is 443. The summed E-state index contributed by atoms with van der Waals surface area (Å²) in [7, 11) is 0. The van der Waals surface area contributed by atoms with Crippen LogP contribution < -0.4 is 5.73 Å². The molecule has 6 heteroatoms. The second-order valence-electron chi connectivity index (χ2n) is 4.07. The normalized spacial score (nSPS) is 24.5. The van der Waals surface area contributed by atoms with Crippen molar-refractivity contribution >= 4 is 27.7 Å². The van der Waals surface area contributed by atoms with Crippen LogP contribution in [0.15, 0.2) is 27.6 Å². The lowest BCUT2D eigenvalue weighted by Gasteiger charge is -2.40. The van der Waals surface area contributed by atoms with Gasteiger partial charge < -0.3 is 10.8 Å². The van der Waals surface area contributed by atoms with Crippen molar-refractivity contribution in [3.8, 4) is 0 Å². The van der Waals surface area contributed by atoms with Crippen molar-refractivity contribution < 1.29 is 13.9 Å². The largest absolute Gasteiger partial charge is 0.390 e. The second-order valence-corrected chi connectivity index (χ2v) is 6.13. The summed E-state index contributed by atoms with van der Waals surface area (Å²) in [5.41, 5.74) is 4.50. The van der Waals surface area contributed by atoms with E-state index in [4.69, 9.17) is 10.8 Å². The van der Waals surface area contributed by atoms with Crippen LogP contribution in [0, 0.1) is 0 Å². The number of aliphatic hydroxyl groups is 1. The van der Waals surface area contributed by atoms with E-state index in [0.717, 1.165) is 4.90 Å². The standard InChI is InChI=1S/C11H12BrF2NOS/c12-7-1-2-9-8(5-7)10(15,3-4-17-9)11(13,14)6-16/h1-2,5,16H,3-4,6,15H2/t10-/m1/s1. The van der Waals surface area contributed by atoms with Gasteiger partial charge in [0.1, 0.15) is 12.1 Å². The third kappa shape index (κ3) is 2.12. The molecular weight excluding hydrogens is 312 g/mol. The van der Waals surface area contributed by atoms with E-state index in [2.05, 4.69) is 15.9 Å². The number of aliphatic hydroxyl groups excluding tert-OH is 1. The van der Waals surface area contributed by atoms with Gasteiger partial charge in [0.25, 0.3) is 5.92 Å². The van der Waals surface area contributed by atoms with Crippen LogP contribution >= 0.6 is 27.7 Å². The van der Waals surface area contributed by atoms with Crippen LogP contribution in [0.4, 0.5) is 8.78 Å². The van der Waals surface area contributed by atoms with Gasteiger partial charge in [0, 0.05) is 15.1 Å². The van der Waals surface area contributed by atoms with E-state index in [0.29, 0.717) is 15.8 Å². The van der Waals surface area contributed by atoms with Crippen molar-refractivity contribution in [1.82, 2.24) is 0 Å². The summed E-state index contributed by atoms with van der Waals surface area (Å²) in [6.07, 6.45) is 0.147. The molecule has 0 amide bonds. The maximum absolute atomic E-state index is 13.8. The minimum atomic E-state index is -3.32. The molecule has 0 spiro atoms. The number of rotatable bonds is 2. The number of nitrogens with two attached hydrogens (primary N) is 1. The van der Waals surface area contributed by atoms with Gasteiger partial charge in [-0.15, -0.1) is 11.8 Å². The molecule has 1 atom stereocenters. The molecule has 0 aliphatic carbocycles. The number of halogens is 3. The second kappa shape index (κ2) is 4.50. The summed E-state index contributed by atoms with van der Waals surface area (Å²) in [4.78, 5) is 0.759.